The van der Waals surface area contributed by atoms with Crippen molar-refractivity contribution in [1.82, 2.24) is 25.4 Å². The van der Waals surface area contributed by atoms with Crippen LogP contribution < -0.4 is 10.6 Å². The molecule has 2 aromatic rings. The lowest BCUT2D eigenvalue weighted by atomic mass is 10.2. The topological polar surface area (TPSA) is 55.8 Å². The van der Waals surface area contributed by atoms with Crippen molar-refractivity contribution >= 4 is 5.96 Å². The van der Waals surface area contributed by atoms with Crippen molar-refractivity contribution in [1.29, 1.82) is 0 Å². The number of nitrogens with one attached hydrogen (secondary N) is 2. The molecule has 0 bridgehead atoms. The van der Waals surface area contributed by atoms with Crippen molar-refractivity contribution in [2.24, 2.45) is 4.99 Å². The van der Waals surface area contributed by atoms with Gasteiger partial charge in [0, 0.05) is 71.2 Å². The molecule has 1 aromatic carbocycles. The minimum Gasteiger partial charge on any atom is -0.356 e. The number of hydrogen-bond donors (Lipinski definition) is 2. The zero-order valence-corrected chi connectivity index (χ0v) is 17.6. The van der Waals surface area contributed by atoms with Gasteiger partial charge in [-0.1, -0.05) is 36.4 Å². The summed E-state index contributed by atoms with van der Waals surface area (Å²) in [5, 5.41) is 6.78. The molecule has 29 heavy (non-hydrogen) atoms. The van der Waals surface area contributed by atoms with Crippen LogP contribution in [0.25, 0.3) is 0 Å². The third-order valence-electron chi connectivity index (χ3n) is 5.28. The van der Waals surface area contributed by atoms with E-state index in [0.29, 0.717) is 0 Å². The Bertz CT molecular complexity index is 711. The third-order valence-corrected chi connectivity index (χ3v) is 5.28. The van der Waals surface area contributed by atoms with Gasteiger partial charge in [-0.15, -0.1) is 0 Å². The van der Waals surface area contributed by atoms with Crippen LogP contribution in [0.4, 0.5) is 0 Å². The fourth-order valence-corrected chi connectivity index (χ4v) is 3.60. The number of benzene rings is 1. The van der Waals surface area contributed by atoms with Gasteiger partial charge in [-0.25, -0.2) is 0 Å². The summed E-state index contributed by atoms with van der Waals surface area (Å²) in [5.74, 6) is 0.869. The average Bonchev–Trinajstić information content (AvgIpc) is 2.78. The van der Waals surface area contributed by atoms with Gasteiger partial charge in [-0.2, -0.15) is 0 Å². The molecule has 0 saturated carbocycles. The largest absolute Gasteiger partial charge is 0.356 e. The number of aromatic nitrogens is 1. The summed E-state index contributed by atoms with van der Waals surface area (Å²) < 4.78 is 0. The van der Waals surface area contributed by atoms with Gasteiger partial charge in [-0.05, 0) is 30.7 Å². The highest BCUT2D eigenvalue weighted by atomic mass is 15.3. The van der Waals surface area contributed by atoms with Crippen LogP contribution in [0, 0.1) is 0 Å². The number of piperazine rings is 1. The molecular formula is C23H34N6. The first-order valence-corrected chi connectivity index (χ1v) is 10.7. The first-order chi connectivity index (χ1) is 14.3. The van der Waals surface area contributed by atoms with Crippen LogP contribution in [-0.2, 0) is 13.0 Å². The number of pyridine rings is 1. The van der Waals surface area contributed by atoms with Crippen molar-refractivity contribution in [2.75, 3.05) is 52.9 Å². The lowest BCUT2D eigenvalue weighted by Crippen LogP contribution is -2.46. The molecule has 3 rings (SSSR count). The molecule has 156 valence electrons. The Kier molecular flexibility index (Phi) is 8.94. The molecule has 0 unspecified atom stereocenters. The maximum absolute atomic E-state index is 4.35. The highest BCUT2D eigenvalue weighted by Crippen LogP contribution is 2.08. The fraction of sp³-hybridized carbons (Fsp3) is 0.478. The van der Waals surface area contributed by atoms with E-state index in [0.717, 1.165) is 76.9 Å². The quantitative estimate of drug-likeness (QED) is 0.387. The molecule has 0 aliphatic carbocycles. The van der Waals surface area contributed by atoms with E-state index in [1.807, 2.05) is 25.4 Å². The van der Waals surface area contributed by atoms with Crippen LogP contribution in [0.1, 0.15) is 17.7 Å². The first kappa shape index (κ1) is 21.3. The van der Waals surface area contributed by atoms with Crippen LogP contribution >= 0.6 is 0 Å². The Morgan fingerprint density at radius 3 is 2.38 bits per heavy atom. The van der Waals surface area contributed by atoms with E-state index in [-0.39, 0.29) is 0 Å². The fourth-order valence-electron chi connectivity index (χ4n) is 3.60. The van der Waals surface area contributed by atoms with Gasteiger partial charge in [0.1, 0.15) is 0 Å². The van der Waals surface area contributed by atoms with E-state index in [9.17, 15) is 0 Å². The minimum absolute atomic E-state index is 0.833. The molecule has 1 aliphatic rings. The van der Waals surface area contributed by atoms with Gasteiger partial charge in [0.2, 0.25) is 0 Å². The predicted octanol–water partition coefficient (Wildman–Crippen LogP) is 2.00. The van der Waals surface area contributed by atoms with Gasteiger partial charge >= 0.3 is 0 Å². The maximum atomic E-state index is 4.35. The second-order valence-electron chi connectivity index (χ2n) is 7.45. The molecule has 6 heteroatoms. The standard InChI is InChI=1S/C23H34N6/c1-24-23(27-14-11-22-10-5-6-12-25-22)26-13-7-15-28-16-18-29(19-17-28)20-21-8-3-2-4-9-21/h2-6,8-10,12H,7,11,13-20H2,1H3,(H2,24,26,27). The Labute approximate surface area is 175 Å². The summed E-state index contributed by atoms with van der Waals surface area (Å²) >= 11 is 0. The second-order valence-corrected chi connectivity index (χ2v) is 7.45. The van der Waals surface area contributed by atoms with Gasteiger partial charge in [-0.3, -0.25) is 14.9 Å². The van der Waals surface area contributed by atoms with Crippen molar-refractivity contribution < 1.29 is 0 Å². The molecule has 1 aliphatic heterocycles. The van der Waals surface area contributed by atoms with Crippen LogP contribution in [0.5, 0.6) is 0 Å². The normalized spacial score (nSPS) is 16.0. The Morgan fingerprint density at radius 1 is 0.931 bits per heavy atom. The SMILES string of the molecule is CN=C(NCCCN1CCN(Cc2ccccc2)CC1)NCCc1ccccn1. The van der Waals surface area contributed by atoms with Crippen molar-refractivity contribution in [3.8, 4) is 0 Å². The van der Waals surface area contributed by atoms with Gasteiger partial charge in [0.05, 0.1) is 0 Å². The second kappa shape index (κ2) is 12.2. The molecule has 1 fully saturated rings. The molecule has 0 amide bonds. The summed E-state index contributed by atoms with van der Waals surface area (Å²) in [5.41, 5.74) is 2.51. The molecule has 2 heterocycles. The molecule has 2 N–H and O–H groups in total. The van der Waals surface area contributed by atoms with Crippen LogP contribution in [0.3, 0.4) is 0 Å². The predicted molar refractivity (Wildman–Crippen MR) is 120 cm³/mol. The molecule has 0 atom stereocenters. The molecule has 0 spiro atoms. The van der Waals surface area contributed by atoms with Crippen molar-refractivity contribution in [3.05, 3.63) is 66.0 Å². The highest BCUT2D eigenvalue weighted by Gasteiger charge is 2.16. The van der Waals surface area contributed by atoms with E-state index in [2.05, 4.69) is 66.8 Å². The molecule has 1 saturated heterocycles. The van der Waals surface area contributed by atoms with Gasteiger partial charge in [0.15, 0.2) is 5.96 Å². The zero-order valence-electron chi connectivity index (χ0n) is 17.6. The Morgan fingerprint density at radius 2 is 1.66 bits per heavy atom. The Balaban J connectivity index is 1.24. The highest BCUT2D eigenvalue weighted by molar-refractivity contribution is 5.79. The third kappa shape index (κ3) is 7.83. The number of nitrogens with zero attached hydrogens (tertiary/aromatic N) is 4. The number of rotatable bonds is 9. The average molecular weight is 395 g/mol. The molecular weight excluding hydrogens is 360 g/mol. The van der Waals surface area contributed by atoms with E-state index in [1.54, 1.807) is 0 Å². The summed E-state index contributed by atoms with van der Waals surface area (Å²) in [4.78, 5) is 13.8. The molecule has 1 aromatic heterocycles. The van der Waals surface area contributed by atoms with E-state index in [4.69, 9.17) is 0 Å². The summed E-state index contributed by atoms with van der Waals surface area (Å²) in [6, 6.07) is 16.8. The summed E-state index contributed by atoms with van der Waals surface area (Å²) in [6.45, 7) is 8.59. The summed E-state index contributed by atoms with van der Waals surface area (Å²) in [7, 11) is 1.82. The number of aliphatic imine (C=N–C) groups is 1. The number of guanidine groups is 1. The van der Waals surface area contributed by atoms with Crippen molar-refractivity contribution in [2.45, 2.75) is 19.4 Å². The first-order valence-electron chi connectivity index (χ1n) is 10.7. The lowest BCUT2D eigenvalue weighted by molar-refractivity contribution is 0.126. The monoisotopic (exact) mass is 394 g/mol. The smallest absolute Gasteiger partial charge is 0.190 e. The molecule has 0 radical (unpaired) electrons. The Hall–Kier alpha value is -2.44. The molecule has 6 nitrogen and oxygen atoms in total. The van der Waals surface area contributed by atoms with Crippen LogP contribution in [-0.4, -0.2) is 73.6 Å². The zero-order chi connectivity index (χ0) is 20.2. The van der Waals surface area contributed by atoms with Crippen LogP contribution in [0.2, 0.25) is 0 Å². The minimum atomic E-state index is 0.833. The van der Waals surface area contributed by atoms with E-state index >= 15 is 0 Å². The van der Waals surface area contributed by atoms with Crippen molar-refractivity contribution in [3.63, 3.8) is 0 Å². The van der Waals surface area contributed by atoms with E-state index < -0.39 is 0 Å². The van der Waals surface area contributed by atoms with Gasteiger partial charge in [0.25, 0.3) is 0 Å². The summed E-state index contributed by atoms with van der Waals surface area (Å²) in [6.07, 6.45) is 3.86. The van der Waals surface area contributed by atoms with E-state index in [1.165, 1.54) is 5.56 Å². The lowest BCUT2D eigenvalue weighted by Gasteiger charge is -2.34. The maximum Gasteiger partial charge on any atom is 0.190 e. The number of hydrogen-bond acceptors (Lipinski definition) is 4. The van der Waals surface area contributed by atoms with Crippen LogP contribution in [0.15, 0.2) is 59.7 Å². The van der Waals surface area contributed by atoms with Gasteiger partial charge < -0.3 is 15.5 Å².